The lowest BCUT2D eigenvalue weighted by Crippen LogP contribution is -2.47. The molecule has 9 nitrogen and oxygen atoms in total. The summed E-state index contributed by atoms with van der Waals surface area (Å²) >= 11 is 0. The van der Waals surface area contributed by atoms with E-state index in [0.29, 0.717) is 0 Å². The monoisotopic (exact) mass is 460 g/mol. The van der Waals surface area contributed by atoms with Gasteiger partial charge in [-0.3, -0.25) is 4.90 Å². The molecule has 0 aliphatic carbocycles. The Morgan fingerprint density at radius 3 is 2.48 bits per heavy atom. The molecule has 2 aliphatic rings. The average molecular weight is 460 g/mol. The van der Waals surface area contributed by atoms with Crippen molar-refractivity contribution in [3.05, 3.63) is 30.6 Å². The summed E-state index contributed by atoms with van der Waals surface area (Å²) in [7, 11) is -2.19. The van der Waals surface area contributed by atoms with Gasteiger partial charge in [-0.05, 0) is 25.9 Å². The van der Waals surface area contributed by atoms with Gasteiger partial charge in [-0.25, -0.2) is 23.4 Å². The van der Waals surface area contributed by atoms with Crippen LogP contribution in [-0.2, 0) is 23.2 Å². The molecule has 0 amide bonds. The fourth-order valence-electron chi connectivity index (χ4n) is 4.00. The van der Waals surface area contributed by atoms with Crippen LogP contribution in [0.15, 0.2) is 29.9 Å². The smallest absolute Gasteiger partial charge is 0.433 e. The second-order valence-corrected chi connectivity index (χ2v) is 9.64. The van der Waals surface area contributed by atoms with E-state index in [1.54, 1.807) is 11.6 Å². The van der Waals surface area contributed by atoms with Gasteiger partial charge in [0.15, 0.2) is 10.7 Å². The zero-order valence-corrected chi connectivity index (χ0v) is 17.7. The van der Waals surface area contributed by atoms with Gasteiger partial charge in [-0.15, -0.1) is 0 Å². The molecule has 2 aromatic rings. The molecule has 0 saturated carbocycles. The Balaban J connectivity index is 1.59. The Hall–Kier alpha value is -2.25. The summed E-state index contributed by atoms with van der Waals surface area (Å²) in [4.78, 5) is 13.2. The third kappa shape index (κ3) is 4.67. The summed E-state index contributed by atoms with van der Waals surface area (Å²) in [5, 5.41) is -0.0746. The largest absolute Gasteiger partial charge is 0.471 e. The SMILES string of the molecule is Cn1cnc(S(=O)(=O)N2CC(Oc3cc(C(F)(F)F)ncn3)C(N3CCCCC3)C2)c1. The van der Waals surface area contributed by atoms with Crippen molar-refractivity contribution in [1.29, 1.82) is 0 Å². The summed E-state index contributed by atoms with van der Waals surface area (Å²) in [6, 6.07) is 0.437. The Morgan fingerprint density at radius 1 is 1.10 bits per heavy atom. The van der Waals surface area contributed by atoms with Gasteiger partial charge in [0.1, 0.15) is 12.4 Å². The standard InChI is InChI=1S/C18H23F3N6O3S/c1-25-10-17(24-12-25)31(28,29)27-8-13(26-5-3-2-4-6-26)14(9-27)30-16-7-15(18(19,20)21)22-11-23-16/h7,10-14H,2-6,8-9H2,1H3. The molecule has 0 aromatic carbocycles. The number of hydrogen-bond acceptors (Lipinski definition) is 7. The minimum atomic E-state index is -4.63. The Labute approximate surface area is 177 Å². The van der Waals surface area contributed by atoms with Gasteiger partial charge in [0.2, 0.25) is 5.88 Å². The highest BCUT2D eigenvalue weighted by atomic mass is 32.2. The number of ether oxygens (including phenoxy) is 1. The molecule has 0 bridgehead atoms. The van der Waals surface area contributed by atoms with Crippen LogP contribution in [0, 0.1) is 0 Å². The molecule has 0 N–H and O–H groups in total. The number of piperidine rings is 1. The summed E-state index contributed by atoms with van der Waals surface area (Å²) in [6.07, 6.45) is 1.35. The molecule has 0 radical (unpaired) electrons. The van der Waals surface area contributed by atoms with E-state index >= 15 is 0 Å². The predicted octanol–water partition coefficient (Wildman–Crippen LogP) is 1.54. The molecule has 13 heteroatoms. The number of hydrogen-bond donors (Lipinski definition) is 0. The summed E-state index contributed by atoms with van der Waals surface area (Å²) in [5.41, 5.74) is -1.11. The number of halogens is 3. The Bertz CT molecular complexity index is 1020. The van der Waals surface area contributed by atoms with Gasteiger partial charge in [0.05, 0.1) is 18.9 Å². The molecule has 170 valence electrons. The van der Waals surface area contributed by atoms with Gasteiger partial charge in [-0.2, -0.15) is 17.5 Å². The molecule has 2 aliphatic heterocycles. The van der Waals surface area contributed by atoms with E-state index in [4.69, 9.17) is 4.74 Å². The zero-order valence-electron chi connectivity index (χ0n) is 16.9. The molecular weight excluding hydrogens is 437 g/mol. The van der Waals surface area contributed by atoms with E-state index in [9.17, 15) is 21.6 Å². The first-order valence-corrected chi connectivity index (χ1v) is 11.4. The molecule has 0 spiro atoms. The fourth-order valence-corrected chi connectivity index (χ4v) is 5.44. The first kappa shape index (κ1) is 22.0. The molecule has 31 heavy (non-hydrogen) atoms. The van der Waals surface area contributed by atoms with Crippen LogP contribution in [0.25, 0.3) is 0 Å². The lowest BCUT2D eigenvalue weighted by Gasteiger charge is -2.34. The fraction of sp³-hybridized carbons (Fsp3) is 0.611. The number of aryl methyl sites for hydroxylation is 1. The van der Waals surface area contributed by atoms with Crippen molar-refractivity contribution in [2.45, 2.75) is 42.6 Å². The van der Waals surface area contributed by atoms with Crippen molar-refractivity contribution in [3.63, 3.8) is 0 Å². The molecule has 2 saturated heterocycles. The second-order valence-electron chi connectivity index (χ2n) is 7.76. The van der Waals surface area contributed by atoms with Crippen LogP contribution in [0.5, 0.6) is 5.88 Å². The molecule has 2 aromatic heterocycles. The lowest BCUT2D eigenvalue weighted by molar-refractivity contribution is -0.141. The van der Waals surface area contributed by atoms with E-state index in [-0.39, 0.29) is 30.0 Å². The third-order valence-electron chi connectivity index (χ3n) is 5.55. The summed E-state index contributed by atoms with van der Waals surface area (Å²) < 4.78 is 73.8. The normalized spacial score (nSPS) is 23.9. The molecule has 2 fully saturated rings. The Kier molecular flexibility index (Phi) is 5.92. The maximum Gasteiger partial charge on any atom is 0.433 e. The molecular formula is C18H23F3N6O3S. The van der Waals surface area contributed by atoms with Crippen LogP contribution in [-0.4, -0.2) is 75.5 Å². The number of imidazole rings is 1. The van der Waals surface area contributed by atoms with Crippen molar-refractivity contribution in [3.8, 4) is 5.88 Å². The first-order chi connectivity index (χ1) is 14.6. The topological polar surface area (TPSA) is 93.5 Å². The van der Waals surface area contributed by atoms with Crippen LogP contribution in [0.2, 0.25) is 0 Å². The second kappa shape index (κ2) is 8.36. The minimum absolute atomic E-state index is 0.00850. The molecule has 4 heterocycles. The van der Waals surface area contributed by atoms with Crippen LogP contribution in [0.3, 0.4) is 0 Å². The van der Waals surface area contributed by atoms with E-state index < -0.39 is 28.0 Å². The highest BCUT2D eigenvalue weighted by molar-refractivity contribution is 7.89. The number of rotatable bonds is 5. The summed E-state index contributed by atoms with van der Waals surface area (Å²) in [5.74, 6) is -0.230. The number of sulfonamides is 1. The molecule has 2 atom stereocenters. The maximum atomic E-state index is 13.1. The number of aromatic nitrogens is 4. The van der Waals surface area contributed by atoms with E-state index in [1.165, 1.54) is 16.8 Å². The predicted molar refractivity (Wildman–Crippen MR) is 103 cm³/mol. The van der Waals surface area contributed by atoms with Crippen molar-refractivity contribution in [2.24, 2.45) is 7.05 Å². The minimum Gasteiger partial charge on any atom is -0.471 e. The maximum absolute atomic E-state index is 13.1. The van der Waals surface area contributed by atoms with E-state index in [1.807, 2.05) is 0 Å². The van der Waals surface area contributed by atoms with Crippen LogP contribution in [0.4, 0.5) is 13.2 Å². The quantitative estimate of drug-likeness (QED) is 0.668. The molecule has 4 rings (SSSR count). The Morgan fingerprint density at radius 2 is 1.84 bits per heavy atom. The number of nitrogens with zero attached hydrogens (tertiary/aromatic N) is 6. The van der Waals surface area contributed by atoms with Gasteiger partial charge in [0.25, 0.3) is 10.0 Å². The lowest BCUT2D eigenvalue weighted by atomic mass is 10.1. The van der Waals surface area contributed by atoms with Gasteiger partial charge < -0.3 is 9.30 Å². The van der Waals surface area contributed by atoms with Crippen molar-refractivity contribution in [1.82, 2.24) is 28.7 Å². The van der Waals surface area contributed by atoms with Crippen LogP contribution in [0.1, 0.15) is 25.0 Å². The van der Waals surface area contributed by atoms with Gasteiger partial charge in [0, 0.05) is 25.9 Å². The first-order valence-electron chi connectivity index (χ1n) is 9.92. The molecule has 2 unspecified atom stereocenters. The van der Waals surface area contributed by atoms with E-state index in [2.05, 4.69) is 19.9 Å². The highest BCUT2D eigenvalue weighted by Gasteiger charge is 2.44. The van der Waals surface area contributed by atoms with Crippen molar-refractivity contribution >= 4 is 10.0 Å². The highest BCUT2D eigenvalue weighted by Crippen LogP contribution is 2.31. The van der Waals surface area contributed by atoms with Gasteiger partial charge in [-0.1, -0.05) is 6.42 Å². The zero-order chi connectivity index (χ0) is 22.2. The van der Waals surface area contributed by atoms with Crippen LogP contribution < -0.4 is 4.74 Å². The summed E-state index contributed by atoms with van der Waals surface area (Å²) in [6.45, 7) is 1.71. The van der Waals surface area contributed by atoms with E-state index in [0.717, 1.165) is 44.7 Å². The average Bonchev–Trinajstić information content (AvgIpc) is 3.36. The van der Waals surface area contributed by atoms with Gasteiger partial charge >= 0.3 is 6.18 Å². The third-order valence-corrected chi connectivity index (χ3v) is 7.27. The van der Waals surface area contributed by atoms with Crippen LogP contribution >= 0.6 is 0 Å². The van der Waals surface area contributed by atoms with Crippen molar-refractivity contribution < 1.29 is 26.3 Å². The van der Waals surface area contributed by atoms with Crippen molar-refractivity contribution in [2.75, 3.05) is 26.2 Å². The number of likely N-dealkylation sites (tertiary alicyclic amines) is 1. The number of alkyl halides is 3.